The third-order valence-corrected chi connectivity index (χ3v) is 3.43. The minimum Gasteiger partial charge on any atom is -0.370 e. The molecule has 1 atom stereocenters. The first-order valence-electron chi connectivity index (χ1n) is 5.51. The third kappa shape index (κ3) is 2.91. The van der Waals surface area contributed by atoms with Crippen LogP contribution in [0.5, 0.6) is 0 Å². The van der Waals surface area contributed by atoms with Crippen LogP contribution in [-0.4, -0.2) is 19.1 Å². The number of aromatic nitrogens is 1. The van der Waals surface area contributed by atoms with Gasteiger partial charge < -0.3 is 10.1 Å². The van der Waals surface area contributed by atoms with Gasteiger partial charge in [0.25, 0.3) is 0 Å². The summed E-state index contributed by atoms with van der Waals surface area (Å²) >= 11 is 1.64. The Kier molecular flexibility index (Phi) is 4.25. The van der Waals surface area contributed by atoms with E-state index in [1.165, 1.54) is 0 Å². The normalized spacial score (nSPS) is 12.6. The Morgan fingerprint density at radius 1 is 1.35 bits per heavy atom. The maximum atomic E-state index is 5.54. The highest BCUT2D eigenvalue weighted by atomic mass is 32.1. The molecule has 2 rings (SSSR count). The van der Waals surface area contributed by atoms with Crippen molar-refractivity contribution in [2.75, 3.05) is 14.2 Å². The van der Waals surface area contributed by atoms with E-state index >= 15 is 0 Å². The first-order valence-corrected chi connectivity index (χ1v) is 6.39. The Balaban J connectivity index is 2.23. The van der Waals surface area contributed by atoms with Crippen molar-refractivity contribution in [2.24, 2.45) is 0 Å². The van der Waals surface area contributed by atoms with Crippen LogP contribution in [0, 0.1) is 0 Å². The Morgan fingerprint density at radius 3 is 2.76 bits per heavy atom. The molecule has 1 unspecified atom stereocenters. The fraction of sp³-hybridized carbons (Fsp3) is 0.308. The van der Waals surface area contributed by atoms with Crippen LogP contribution in [-0.2, 0) is 11.3 Å². The van der Waals surface area contributed by atoms with Crippen molar-refractivity contribution >= 4 is 11.3 Å². The molecule has 17 heavy (non-hydrogen) atoms. The van der Waals surface area contributed by atoms with Crippen LogP contribution < -0.4 is 5.32 Å². The number of nitrogens with one attached hydrogen (secondary N) is 1. The molecule has 0 radical (unpaired) electrons. The summed E-state index contributed by atoms with van der Waals surface area (Å²) in [5.41, 5.74) is 2.20. The van der Waals surface area contributed by atoms with Crippen molar-refractivity contribution in [3.8, 4) is 0 Å². The van der Waals surface area contributed by atoms with Crippen LogP contribution in [0.15, 0.2) is 35.7 Å². The van der Waals surface area contributed by atoms with Crippen LogP contribution in [0.2, 0.25) is 0 Å². The Hall–Kier alpha value is -1.23. The zero-order chi connectivity index (χ0) is 12.1. The minimum absolute atomic E-state index is 0.0631. The molecule has 0 spiro atoms. The van der Waals surface area contributed by atoms with Gasteiger partial charge in [0.15, 0.2) is 0 Å². The predicted octanol–water partition coefficient (Wildman–Crippen LogP) is 2.60. The molecule has 3 nitrogen and oxygen atoms in total. The second kappa shape index (κ2) is 5.91. The van der Waals surface area contributed by atoms with Gasteiger partial charge in [-0.05, 0) is 12.6 Å². The smallest absolute Gasteiger partial charge is 0.134 e. The molecule has 0 aliphatic heterocycles. The van der Waals surface area contributed by atoms with Gasteiger partial charge in [-0.15, -0.1) is 11.3 Å². The average molecular weight is 248 g/mol. The Labute approximate surface area is 105 Å². The molecule has 2 aromatic rings. The van der Waals surface area contributed by atoms with Crippen LogP contribution >= 0.6 is 11.3 Å². The summed E-state index contributed by atoms with van der Waals surface area (Å²) < 4.78 is 5.54. The summed E-state index contributed by atoms with van der Waals surface area (Å²) in [6.45, 7) is 0.793. The van der Waals surface area contributed by atoms with Crippen molar-refractivity contribution in [3.63, 3.8) is 0 Å². The van der Waals surface area contributed by atoms with E-state index in [2.05, 4.69) is 27.8 Å². The molecule has 1 N–H and O–H groups in total. The number of nitrogens with zero attached hydrogens (tertiary/aromatic N) is 1. The number of methoxy groups -OCH3 is 1. The molecule has 0 saturated heterocycles. The van der Waals surface area contributed by atoms with Crippen molar-refractivity contribution in [1.82, 2.24) is 10.3 Å². The van der Waals surface area contributed by atoms with Gasteiger partial charge in [0.2, 0.25) is 0 Å². The van der Waals surface area contributed by atoms with Gasteiger partial charge in [0, 0.05) is 19.0 Å². The second-order valence-corrected chi connectivity index (χ2v) is 4.62. The molecule has 0 fully saturated rings. The van der Waals surface area contributed by atoms with Crippen LogP contribution in [0.1, 0.15) is 22.4 Å². The number of hydrogen-bond donors (Lipinski definition) is 1. The van der Waals surface area contributed by atoms with Crippen molar-refractivity contribution in [3.05, 3.63) is 52.0 Å². The van der Waals surface area contributed by atoms with Crippen LogP contribution in [0.4, 0.5) is 0 Å². The Morgan fingerprint density at radius 2 is 2.12 bits per heavy atom. The van der Waals surface area contributed by atoms with Gasteiger partial charge in [0.1, 0.15) is 11.1 Å². The first kappa shape index (κ1) is 12.2. The molecule has 1 aromatic heterocycles. The van der Waals surface area contributed by atoms with Gasteiger partial charge in [0.05, 0.1) is 5.69 Å². The van der Waals surface area contributed by atoms with Crippen LogP contribution in [0.3, 0.4) is 0 Å². The molecule has 4 heteroatoms. The number of benzene rings is 1. The summed E-state index contributed by atoms with van der Waals surface area (Å²) in [4.78, 5) is 4.58. The summed E-state index contributed by atoms with van der Waals surface area (Å²) in [7, 11) is 3.64. The number of ether oxygens (including phenoxy) is 1. The topological polar surface area (TPSA) is 34.1 Å². The van der Waals surface area contributed by atoms with Gasteiger partial charge in [-0.3, -0.25) is 0 Å². The van der Waals surface area contributed by atoms with Gasteiger partial charge in [-0.25, -0.2) is 4.98 Å². The lowest BCUT2D eigenvalue weighted by molar-refractivity contribution is 0.136. The van der Waals surface area contributed by atoms with Gasteiger partial charge in [-0.2, -0.15) is 0 Å². The zero-order valence-corrected chi connectivity index (χ0v) is 10.8. The minimum atomic E-state index is -0.0631. The quantitative estimate of drug-likeness (QED) is 0.883. The summed E-state index contributed by atoms with van der Waals surface area (Å²) in [5, 5.41) is 6.17. The lowest BCUT2D eigenvalue weighted by Gasteiger charge is -2.12. The van der Waals surface area contributed by atoms with Crippen molar-refractivity contribution < 1.29 is 4.74 Å². The highest BCUT2D eigenvalue weighted by Crippen LogP contribution is 2.27. The lowest BCUT2D eigenvalue weighted by Crippen LogP contribution is -2.07. The fourth-order valence-corrected chi connectivity index (χ4v) is 2.63. The molecule has 0 bridgehead atoms. The molecule has 0 amide bonds. The second-order valence-electron chi connectivity index (χ2n) is 3.73. The van der Waals surface area contributed by atoms with Gasteiger partial charge >= 0.3 is 0 Å². The average Bonchev–Trinajstić information content (AvgIpc) is 2.81. The van der Waals surface area contributed by atoms with E-state index < -0.39 is 0 Å². The molecule has 0 aliphatic rings. The third-order valence-electron chi connectivity index (χ3n) is 2.49. The van der Waals surface area contributed by atoms with E-state index in [-0.39, 0.29) is 6.10 Å². The maximum Gasteiger partial charge on any atom is 0.134 e. The highest BCUT2D eigenvalue weighted by molar-refractivity contribution is 7.09. The molecule has 0 saturated carbocycles. The summed E-state index contributed by atoms with van der Waals surface area (Å²) in [5.74, 6) is 0. The lowest BCUT2D eigenvalue weighted by atomic mass is 10.1. The SMILES string of the molecule is CNCc1csc(C(OC)c2ccccc2)n1. The summed E-state index contributed by atoms with van der Waals surface area (Å²) in [6.07, 6.45) is -0.0631. The number of rotatable bonds is 5. The van der Waals surface area contributed by atoms with E-state index in [9.17, 15) is 0 Å². The molecule has 0 aliphatic carbocycles. The number of hydrogen-bond acceptors (Lipinski definition) is 4. The standard InChI is InChI=1S/C13H16N2OS/c1-14-8-11-9-17-13(15-11)12(16-2)10-6-4-3-5-7-10/h3-7,9,12,14H,8H2,1-2H3. The molecule has 1 aromatic carbocycles. The first-order chi connectivity index (χ1) is 8.35. The molecular formula is C13H16N2OS. The predicted molar refractivity (Wildman–Crippen MR) is 70.2 cm³/mol. The van der Waals surface area contributed by atoms with E-state index in [0.717, 1.165) is 22.8 Å². The maximum absolute atomic E-state index is 5.54. The van der Waals surface area contributed by atoms with E-state index in [1.54, 1.807) is 18.4 Å². The molecule has 1 heterocycles. The number of thiazole rings is 1. The largest absolute Gasteiger partial charge is 0.370 e. The van der Waals surface area contributed by atoms with Crippen molar-refractivity contribution in [1.29, 1.82) is 0 Å². The van der Waals surface area contributed by atoms with Crippen LogP contribution in [0.25, 0.3) is 0 Å². The highest BCUT2D eigenvalue weighted by Gasteiger charge is 2.16. The van der Waals surface area contributed by atoms with E-state index in [4.69, 9.17) is 4.74 Å². The molecule has 90 valence electrons. The molecular weight excluding hydrogens is 232 g/mol. The van der Waals surface area contributed by atoms with Gasteiger partial charge in [-0.1, -0.05) is 30.3 Å². The zero-order valence-electron chi connectivity index (χ0n) is 10.0. The fourth-order valence-electron chi connectivity index (χ4n) is 1.71. The van der Waals surface area contributed by atoms with E-state index in [1.807, 2.05) is 25.2 Å². The summed E-state index contributed by atoms with van der Waals surface area (Å²) in [6, 6.07) is 10.2. The van der Waals surface area contributed by atoms with Crippen molar-refractivity contribution in [2.45, 2.75) is 12.6 Å². The monoisotopic (exact) mass is 248 g/mol. The van der Waals surface area contributed by atoms with E-state index in [0.29, 0.717) is 0 Å². The Bertz CT molecular complexity index is 455.